The van der Waals surface area contributed by atoms with Crippen LogP contribution in [0.25, 0.3) is 0 Å². The van der Waals surface area contributed by atoms with Gasteiger partial charge in [0.2, 0.25) is 0 Å². The van der Waals surface area contributed by atoms with Gasteiger partial charge < -0.3 is 4.90 Å². The Labute approximate surface area is 163 Å². The number of nitrogens with zero attached hydrogens (tertiary/aromatic N) is 1. The molecule has 0 aliphatic rings. The summed E-state index contributed by atoms with van der Waals surface area (Å²) in [4.78, 5) is 2.27. The molecule has 0 aliphatic heterocycles. The number of hydrogen-bond donors (Lipinski definition) is 1. The summed E-state index contributed by atoms with van der Waals surface area (Å²) >= 11 is 0. The van der Waals surface area contributed by atoms with E-state index in [-0.39, 0.29) is 5.75 Å². The fraction of sp³-hybridized carbons (Fsp3) is 1.00. The van der Waals surface area contributed by atoms with Crippen molar-refractivity contribution in [2.24, 2.45) is 0 Å². The van der Waals surface area contributed by atoms with Crippen molar-refractivity contribution in [3.8, 4) is 0 Å². The van der Waals surface area contributed by atoms with E-state index in [4.69, 9.17) is 4.55 Å². The van der Waals surface area contributed by atoms with Gasteiger partial charge in [0, 0.05) is 0 Å². The predicted molar refractivity (Wildman–Crippen MR) is 113 cm³/mol. The third kappa shape index (κ3) is 21.9. The van der Waals surface area contributed by atoms with Crippen molar-refractivity contribution in [1.29, 1.82) is 0 Å². The van der Waals surface area contributed by atoms with E-state index in [1.165, 1.54) is 89.9 Å². The number of hydrogen-bond acceptors (Lipinski definition) is 3. The minimum absolute atomic E-state index is 0.111. The Hall–Kier alpha value is -0.130. The molecule has 0 heterocycles. The first-order valence-corrected chi connectivity index (χ1v) is 12.7. The summed E-state index contributed by atoms with van der Waals surface area (Å²) in [6.45, 7) is 4.27. The first-order chi connectivity index (χ1) is 12.5. The number of rotatable bonds is 20. The van der Waals surface area contributed by atoms with E-state index in [1.807, 2.05) is 0 Å². The molecule has 0 aromatic rings. The van der Waals surface area contributed by atoms with Crippen molar-refractivity contribution in [2.75, 3.05) is 25.9 Å². The SMILES string of the molecule is CCCCCCCCCCCCCCCCN(C)CCCCS(=O)(=O)O. The molecule has 0 fully saturated rings. The van der Waals surface area contributed by atoms with Gasteiger partial charge in [0.25, 0.3) is 10.1 Å². The lowest BCUT2D eigenvalue weighted by Gasteiger charge is -2.16. The molecule has 0 bridgehead atoms. The van der Waals surface area contributed by atoms with Gasteiger partial charge in [-0.3, -0.25) is 4.55 Å². The van der Waals surface area contributed by atoms with E-state index in [9.17, 15) is 8.42 Å². The van der Waals surface area contributed by atoms with E-state index in [0.717, 1.165) is 19.5 Å². The molecule has 4 nitrogen and oxygen atoms in total. The largest absolute Gasteiger partial charge is 0.306 e. The van der Waals surface area contributed by atoms with Gasteiger partial charge in [0.05, 0.1) is 5.75 Å². The van der Waals surface area contributed by atoms with Crippen LogP contribution in [0.5, 0.6) is 0 Å². The Bertz CT molecular complexity index is 385. The zero-order valence-corrected chi connectivity index (χ0v) is 18.4. The summed E-state index contributed by atoms with van der Waals surface area (Å²) in [5, 5.41) is 0. The summed E-state index contributed by atoms with van der Waals surface area (Å²) in [7, 11) is -1.69. The minimum atomic E-state index is -3.78. The van der Waals surface area contributed by atoms with Gasteiger partial charge in [0.15, 0.2) is 0 Å². The molecule has 0 saturated heterocycles. The fourth-order valence-corrected chi connectivity index (χ4v) is 3.92. The Kier molecular flexibility index (Phi) is 18.2. The lowest BCUT2D eigenvalue weighted by Crippen LogP contribution is -2.21. The van der Waals surface area contributed by atoms with Crippen molar-refractivity contribution in [1.82, 2.24) is 4.90 Å². The monoisotopic (exact) mass is 391 g/mol. The molecule has 0 saturated carbocycles. The topological polar surface area (TPSA) is 57.6 Å². The van der Waals surface area contributed by atoms with E-state index in [1.54, 1.807) is 0 Å². The molecule has 0 spiro atoms. The molecule has 0 radical (unpaired) electrons. The van der Waals surface area contributed by atoms with Crippen LogP contribution in [0.15, 0.2) is 0 Å². The quantitative estimate of drug-likeness (QED) is 0.202. The molecule has 0 aromatic carbocycles. The second-order valence-electron chi connectivity index (χ2n) is 7.89. The summed E-state index contributed by atoms with van der Waals surface area (Å²) in [6.07, 6.45) is 20.7. The summed E-state index contributed by atoms with van der Waals surface area (Å²) < 4.78 is 30.0. The molecule has 0 atom stereocenters. The van der Waals surface area contributed by atoms with E-state index in [0.29, 0.717) is 6.42 Å². The first kappa shape index (κ1) is 25.9. The van der Waals surface area contributed by atoms with E-state index >= 15 is 0 Å². The van der Waals surface area contributed by atoms with Gasteiger partial charge in [-0.25, -0.2) is 0 Å². The first-order valence-electron chi connectivity index (χ1n) is 11.1. The zero-order valence-electron chi connectivity index (χ0n) is 17.6. The van der Waals surface area contributed by atoms with Crippen molar-refractivity contribution < 1.29 is 13.0 Å². The maximum Gasteiger partial charge on any atom is 0.264 e. The molecular formula is C21H45NO3S. The van der Waals surface area contributed by atoms with Gasteiger partial charge in [-0.05, 0) is 39.4 Å². The molecule has 1 N–H and O–H groups in total. The lowest BCUT2D eigenvalue weighted by molar-refractivity contribution is 0.317. The highest BCUT2D eigenvalue weighted by Crippen LogP contribution is 2.13. The third-order valence-electron chi connectivity index (χ3n) is 5.09. The van der Waals surface area contributed by atoms with Gasteiger partial charge in [-0.1, -0.05) is 90.4 Å². The van der Waals surface area contributed by atoms with Crippen LogP contribution in [0.1, 0.15) is 110 Å². The Morgan fingerprint density at radius 2 is 0.962 bits per heavy atom. The third-order valence-corrected chi connectivity index (χ3v) is 5.89. The van der Waals surface area contributed by atoms with Crippen LogP contribution in [0, 0.1) is 0 Å². The van der Waals surface area contributed by atoms with Crippen molar-refractivity contribution in [2.45, 2.75) is 110 Å². The van der Waals surface area contributed by atoms with Crippen LogP contribution >= 0.6 is 0 Å². The van der Waals surface area contributed by atoms with Crippen molar-refractivity contribution >= 4 is 10.1 Å². The van der Waals surface area contributed by atoms with Gasteiger partial charge >= 0.3 is 0 Å². The molecule has 0 aliphatic carbocycles. The Balaban J connectivity index is 3.18. The average molecular weight is 392 g/mol. The van der Waals surface area contributed by atoms with Gasteiger partial charge in [0.1, 0.15) is 0 Å². The van der Waals surface area contributed by atoms with Crippen LogP contribution in [-0.4, -0.2) is 43.8 Å². The second kappa shape index (κ2) is 18.2. The Morgan fingerprint density at radius 3 is 1.35 bits per heavy atom. The highest BCUT2D eigenvalue weighted by molar-refractivity contribution is 7.85. The molecule has 5 heteroatoms. The van der Waals surface area contributed by atoms with Crippen LogP contribution in [-0.2, 0) is 10.1 Å². The predicted octanol–water partition coefficient (Wildman–Crippen LogP) is 6.07. The second-order valence-corrected chi connectivity index (χ2v) is 9.46. The molecular weight excluding hydrogens is 346 g/mol. The summed E-state index contributed by atoms with van der Waals surface area (Å²) in [6, 6.07) is 0. The van der Waals surface area contributed by atoms with Crippen molar-refractivity contribution in [3.63, 3.8) is 0 Å². The highest BCUT2D eigenvalue weighted by atomic mass is 32.2. The summed E-state index contributed by atoms with van der Waals surface area (Å²) in [5.74, 6) is -0.111. The molecule has 158 valence electrons. The lowest BCUT2D eigenvalue weighted by atomic mass is 10.0. The summed E-state index contributed by atoms with van der Waals surface area (Å²) in [5.41, 5.74) is 0. The van der Waals surface area contributed by atoms with Gasteiger partial charge in [-0.15, -0.1) is 0 Å². The smallest absolute Gasteiger partial charge is 0.264 e. The molecule has 0 amide bonds. The van der Waals surface area contributed by atoms with E-state index in [2.05, 4.69) is 18.9 Å². The minimum Gasteiger partial charge on any atom is -0.306 e. The maximum atomic E-state index is 10.6. The van der Waals surface area contributed by atoms with Crippen LogP contribution < -0.4 is 0 Å². The van der Waals surface area contributed by atoms with Crippen LogP contribution in [0.3, 0.4) is 0 Å². The Morgan fingerprint density at radius 1 is 0.615 bits per heavy atom. The van der Waals surface area contributed by atoms with Gasteiger partial charge in [-0.2, -0.15) is 8.42 Å². The standard InChI is InChI=1S/C21H45NO3S/c1-3-4-5-6-7-8-9-10-11-12-13-14-15-16-19-22(2)20-17-18-21-26(23,24)25/h3-21H2,1-2H3,(H,23,24,25). The van der Waals surface area contributed by atoms with Crippen LogP contribution in [0.2, 0.25) is 0 Å². The molecule has 0 unspecified atom stereocenters. The highest BCUT2D eigenvalue weighted by Gasteiger charge is 2.04. The molecule has 0 aromatic heterocycles. The molecule has 0 rings (SSSR count). The number of unbranched alkanes of at least 4 members (excludes halogenated alkanes) is 14. The fourth-order valence-electron chi connectivity index (χ4n) is 3.35. The van der Waals surface area contributed by atoms with Crippen LogP contribution in [0.4, 0.5) is 0 Å². The zero-order chi connectivity index (χ0) is 19.5. The average Bonchev–Trinajstić information content (AvgIpc) is 2.58. The molecule has 26 heavy (non-hydrogen) atoms. The van der Waals surface area contributed by atoms with Crippen molar-refractivity contribution in [3.05, 3.63) is 0 Å². The normalized spacial score (nSPS) is 12.2. The van der Waals surface area contributed by atoms with E-state index < -0.39 is 10.1 Å². The maximum absolute atomic E-state index is 10.6.